The van der Waals surface area contributed by atoms with Gasteiger partial charge in [-0.3, -0.25) is 4.90 Å². The molecule has 0 atom stereocenters. The zero-order valence-corrected chi connectivity index (χ0v) is 10.2. The van der Waals surface area contributed by atoms with E-state index < -0.39 is 0 Å². The van der Waals surface area contributed by atoms with Gasteiger partial charge < -0.3 is 9.64 Å². The first-order chi connectivity index (χ1) is 7.74. The summed E-state index contributed by atoms with van der Waals surface area (Å²) in [6, 6.07) is 0. The molecule has 0 saturated carbocycles. The largest absolute Gasteiger partial charge is 0.453 e. The summed E-state index contributed by atoms with van der Waals surface area (Å²) in [5, 5.41) is 0. The van der Waals surface area contributed by atoms with Crippen molar-refractivity contribution in [1.29, 1.82) is 0 Å². The molecule has 4 nitrogen and oxygen atoms in total. The lowest BCUT2D eigenvalue weighted by Gasteiger charge is -2.23. The Morgan fingerprint density at radius 1 is 1.31 bits per heavy atom. The smallest absolute Gasteiger partial charge is 0.410 e. The van der Waals surface area contributed by atoms with Crippen molar-refractivity contribution in [2.75, 3.05) is 40.3 Å². The predicted molar refractivity (Wildman–Crippen MR) is 63.1 cm³/mol. The predicted octanol–water partition coefficient (Wildman–Crippen LogP) is 1.17. The molecule has 0 spiro atoms. The summed E-state index contributed by atoms with van der Waals surface area (Å²) in [6.45, 7) is 3.55. The molecule has 1 aliphatic rings. The van der Waals surface area contributed by atoms with Gasteiger partial charge in [0.25, 0.3) is 0 Å². The van der Waals surface area contributed by atoms with Crippen LogP contribution in [0.5, 0.6) is 0 Å². The van der Waals surface area contributed by atoms with Gasteiger partial charge in [-0.15, -0.1) is 0 Å². The van der Waals surface area contributed by atoms with E-state index in [1.165, 1.54) is 31.3 Å². The summed E-state index contributed by atoms with van der Waals surface area (Å²) in [7, 11) is 3.06. The highest BCUT2D eigenvalue weighted by Crippen LogP contribution is 2.06. The first kappa shape index (κ1) is 12.9. The number of piperidine rings is 1. The molecular formula is C12H20N2O2. The van der Waals surface area contributed by atoms with E-state index in [1.54, 1.807) is 7.05 Å². The Kier molecular flexibility index (Phi) is 5.73. The van der Waals surface area contributed by atoms with Crippen LogP contribution in [0.25, 0.3) is 0 Å². The highest BCUT2D eigenvalue weighted by molar-refractivity contribution is 5.67. The van der Waals surface area contributed by atoms with Gasteiger partial charge in [-0.05, 0) is 25.9 Å². The van der Waals surface area contributed by atoms with E-state index in [9.17, 15) is 4.79 Å². The molecule has 90 valence electrons. The zero-order valence-electron chi connectivity index (χ0n) is 10.2. The normalized spacial score (nSPS) is 16.1. The molecule has 0 unspecified atom stereocenters. The monoisotopic (exact) mass is 224 g/mol. The van der Waals surface area contributed by atoms with Gasteiger partial charge in [-0.25, -0.2) is 4.79 Å². The maximum absolute atomic E-state index is 11.0. The van der Waals surface area contributed by atoms with E-state index in [4.69, 9.17) is 0 Å². The van der Waals surface area contributed by atoms with Crippen LogP contribution in [0.1, 0.15) is 19.3 Å². The Morgan fingerprint density at radius 3 is 2.62 bits per heavy atom. The second-order valence-electron chi connectivity index (χ2n) is 4.02. The molecule has 1 saturated heterocycles. The summed E-state index contributed by atoms with van der Waals surface area (Å²) in [5.74, 6) is 6.07. The van der Waals surface area contributed by atoms with E-state index >= 15 is 0 Å². The maximum Gasteiger partial charge on any atom is 0.410 e. The van der Waals surface area contributed by atoms with E-state index in [2.05, 4.69) is 21.5 Å². The molecule has 1 rings (SSSR count). The third kappa shape index (κ3) is 4.54. The standard InChI is InChI=1S/C12H20N2O2/c1-13(12(15)16-2)8-6-7-11-14-9-4-3-5-10-14/h3-5,8-11H2,1-2H3. The van der Waals surface area contributed by atoms with Gasteiger partial charge in [-0.2, -0.15) is 0 Å². The van der Waals surface area contributed by atoms with Crippen LogP contribution in [-0.2, 0) is 4.74 Å². The molecule has 1 heterocycles. The van der Waals surface area contributed by atoms with Crippen molar-refractivity contribution in [3.8, 4) is 11.8 Å². The molecule has 16 heavy (non-hydrogen) atoms. The third-order valence-electron chi connectivity index (χ3n) is 2.68. The number of ether oxygens (including phenoxy) is 1. The minimum Gasteiger partial charge on any atom is -0.453 e. The average molecular weight is 224 g/mol. The molecule has 1 fully saturated rings. The van der Waals surface area contributed by atoms with Gasteiger partial charge >= 0.3 is 6.09 Å². The summed E-state index contributed by atoms with van der Waals surface area (Å²) >= 11 is 0. The fourth-order valence-corrected chi connectivity index (χ4v) is 1.68. The lowest BCUT2D eigenvalue weighted by molar-refractivity contribution is 0.138. The average Bonchev–Trinajstić information content (AvgIpc) is 2.34. The fraction of sp³-hybridized carbons (Fsp3) is 0.750. The lowest BCUT2D eigenvalue weighted by atomic mass is 10.1. The minimum absolute atomic E-state index is 0.340. The van der Waals surface area contributed by atoms with Crippen LogP contribution in [0, 0.1) is 11.8 Å². The summed E-state index contributed by atoms with van der Waals surface area (Å²) in [4.78, 5) is 14.9. The topological polar surface area (TPSA) is 32.8 Å². The summed E-state index contributed by atoms with van der Waals surface area (Å²) in [5.41, 5.74) is 0. The van der Waals surface area contributed by atoms with E-state index in [0.717, 1.165) is 19.6 Å². The van der Waals surface area contributed by atoms with Gasteiger partial charge in [0.05, 0.1) is 20.2 Å². The Hall–Kier alpha value is -1.21. The maximum atomic E-state index is 11.0. The first-order valence-electron chi connectivity index (χ1n) is 5.71. The lowest BCUT2D eigenvalue weighted by Crippen LogP contribution is -2.30. The van der Waals surface area contributed by atoms with Crippen LogP contribution in [-0.4, -0.2) is 56.2 Å². The van der Waals surface area contributed by atoms with Crippen LogP contribution in [0.15, 0.2) is 0 Å². The van der Waals surface area contributed by atoms with Crippen LogP contribution < -0.4 is 0 Å². The molecule has 0 aromatic heterocycles. The quantitative estimate of drug-likeness (QED) is 0.660. The molecular weight excluding hydrogens is 204 g/mol. The van der Waals surface area contributed by atoms with Gasteiger partial charge in [0.1, 0.15) is 0 Å². The number of hydrogen-bond donors (Lipinski definition) is 0. The second kappa shape index (κ2) is 7.13. The van der Waals surface area contributed by atoms with Crippen molar-refractivity contribution in [2.24, 2.45) is 0 Å². The van der Waals surface area contributed by atoms with Gasteiger partial charge in [0.2, 0.25) is 0 Å². The van der Waals surface area contributed by atoms with Crippen LogP contribution in [0.3, 0.4) is 0 Å². The highest BCUT2D eigenvalue weighted by Gasteiger charge is 2.08. The Bertz CT molecular complexity index is 274. The van der Waals surface area contributed by atoms with Crippen LogP contribution in [0.2, 0.25) is 0 Å². The molecule has 0 bridgehead atoms. The fourth-order valence-electron chi connectivity index (χ4n) is 1.68. The van der Waals surface area contributed by atoms with Crippen LogP contribution >= 0.6 is 0 Å². The molecule has 0 N–H and O–H groups in total. The molecule has 0 aromatic rings. The van der Waals surface area contributed by atoms with Crippen molar-refractivity contribution in [1.82, 2.24) is 9.80 Å². The van der Waals surface area contributed by atoms with Gasteiger partial charge in [-0.1, -0.05) is 18.3 Å². The number of carbonyl (C=O) groups is 1. The third-order valence-corrected chi connectivity index (χ3v) is 2.68. The van der Waals surface area contributed by atoms with Crippen molar-refractivity contribution in [3.05, 3.63) is 0 Å². The van der Waals surface area contributed by atoms with E-state index in [-0.39, 0.29) is 6.09 Å². The summed E-state index contributed by atoms with van der Waals surface area (Å²) < 4.78 is 4.57. The zero-order chi connectivity index (χ0) is 11.8. The summed E-state index contributed by atoms with van der Waals surface area (Å²) in [6.07, 6.45) is 3.56. The molecule has 1 aliphatic heterocycles. The van der Waals surface area contributed by atoms with Crippen molar-refractivity contribution >= 4 is 6.09 Å². The Morgan fingerprint density at radius 2 is 2.00 bits per heavy atom. The first-order valence-corrected chi connectivity index (χ1v) is 5.71. The Labute approximate surface area is 97.5 Å². The number of nitrogens with zero attached hydrogens (tertiary/aromatic N) is 2. The number of methoxy groups -OCH3 is 1. The van der Waals surface area contributed by atoms with E-state index in [0.29, 0.717) is 6.54 Å². The molecule has 0 aliphatic carbocycles. The molecule has 1 amide bonds. The number of carbonyl (C=O) groups excluding carboxylic acids is 1. The molecule has 0 radical (unpaired) electrons. The Balaban J connectivity index is 2.19. The van der Waals surface area contributed by atoms with Crippen LogP contribution in [0.4, 0.5) is 4.79 Å². The van der Waals surface area contributed by atoms with Crippen molar-refractivity contribution in [3.63, 3.8) is 0 Å². The number of amides is 1. The minimum atomic E-state index is -0.340. The van der Waals surface area contributed by atoms with Crippen molar-refractivity contribution < 1.29 is 9.53 Å². The molecule has 4 heteroatoms. The number of rotatable bonds is 2. The highest BCUT2D eigenvalue weighted by atomic mass is 16.5. The SMILES string of the molecule is COC(=O)N(C)CC#CCN1CCCCC1. The second-order valence-corrected chi connectivity index (χ2v) is 4.02. The van der Waals surface area contributed by atoms with Gasteiger partial charge in [0.15, 0.2) is 0 Å². The van der Waals surface area contributed by atoms with Crippen molar-refractivity contribution in [2.45, 2.75) is 19.3 Å². The van der Waals surface area contributed by atoms with E-state index in [1.807, 2.05) is 0 Å². The number of hydrogen-bond acceptors (Lipinski definition) is 3. The molecule has 0 aromatic carbocycles. The van der Waals surface area contributed by atoms with Gasteiger partial charge in [0, 0.05) is 7.05 Å². The number of likely N-dealkylation sites (tertiary alicyclic amines) is 1.